The number of aliphatic carboxylic acids is 1. The van der Waals surface area contributed by atoms with Crippen LogP contribution in [0.25, 0.3) is 0 Å². The Bertz CT molecular complexity index is 644. The minimum Gasteiger partial charge on any atom is -0.481 e. The fraction of sp³-hybridized carbons (Fsp3) is 0.462. The summed E-state index contributed by atoms with van der Waals surface area (Å²) < 4.78 is 39.2. The standard InChI is InChI=1S/C13H16FNO4S/c1-8-5-10(14)3-4-12(8)20(18,19)15-6-9(2)11(7-15)13(16)17/h3-5,9,11H,6-7H2,1-2H3,(H,16,17). The number of rotatable bonds is 3. The van der Waals surface area contributed by atoms with Crippen LogP contribution in [-0.2, 0) is 14.8 Å². The highest BCUT2D eigenvalue weighted by Gasteiger charge is 2.41. The SMILES string of the molecule is Cc1cc(F)ccc1S(=O)(=O)N1CC(C)C(C(=O)O)C1. The van der Waals surface area contributed by atoms with Gasteiger partial charge in [0.25, 0.3) is 0 Å². The molecule has 1 aliphatic heterocycles. The molecule has 2 unspecified atom stereocenters. The minimum absolute atomic E-state index is 0.0251. The van der Waals surface area contributed by atoms with Crippen molar-refractivity contribution in [3.05, 3.63) is 29.6 Å². The van der Waals surface area contributed by atoms with E-state index in [1.54, 1.807) is 6.92 Å². The monoisotopic (exact) mass is 301 g/mol. The summed E-state index contributed by atoms with van der Waals surface area (Å²) in [7, 11) is -3.78. The second-order valence-corrected chi connectivity index (χ2v) is 7.06. The van der Waals surface area contributed by atoms with Crippen molar-refractivity contribution in [2.45, 2.75) is 18.7 Å². The van der Waals surface area contributed by atoms with Crippen molar-refractivity contribution < 1.29 is 22.7 Å². The predicted molar refractivity (Wildman–Crippen MR) is 70.2 cm³/mol. The number of halogens is 1. The van der Waals surface area contributed by atoms with Gasteiger partial charge in [0.2, 0.25) is 10.0 Å². The van der Waals surface area contributed by atoms with Crippen molar-refractivity contribution in [3.63, 3.8) is 0 Å². The van der Waals surface area contributed by atoms with Crippen LogP contribution in [0.2, 0.25) is 0 Å². The average molecular weight is 301 g/mol. The number of hydrogen-bond acceptors (Lipinski definition) is 3. The number of carboxylic acids is 1. The van der Waals surface area contributed by atoms with Crippen LogP contribution in [0.1, 0.15) is 12.5 Å². The van der Waals surface area contributed by atoms with Crippen molar-refractivity contribution in [3.8, 4) is 0 Å². The first-order valence-electron chi connectivity index (χ1n) is 6.22. The highest BCUT2D eigenvalue weighted by atomic mass is 32.2. The van der Waals surface area contributed by atoms with Crippen molar-refractivity contribution in [2.75, 3.05) is 13.1 Å². The smallest absolute Gasteiger partial charge is 0.308 e. The molecule has 0 bridgehead atoms. The van der Waals surface area contributed by atoms with Crippen molar-refractivity contribution in [2.24, 2.45) is 11.8 Å². The molecule has 2 atom stereocenters. The molecule has 1 aromatic rings. The molecule has 1 fully saturated rings. The number of sulfonamides is 1. The number of nitrogens with zero attached hydrogens (tertiary/aromatic N) is 1. The summed E-state index contributed by atoms with van der Waals surface area (Å²) in [5.41, 5.74) is 0.316. The molecule has 7 heteroatoms. The summed E-state index contributed by atoms with van der Waals surface area (Å²) >= 11 is 0. The highest BCUT2D eigenvalue weighted by Crippen LogP contribution is 2.30. The van der Waals surface area contributed by atoms with Gasteiger partial charge in [-0.2, -0.15) is 4.31 Å². The van der Waals surface area contributed by atoms with Crippen LogP contribution < -0.4 is 0 Å². The zero-order chi connectivity index (χ0) is 15.1. The minimum atomic E-state index is -3.78. The zero-order valence-electron chi connectivity index (χ0n) is 11.2. The van der Waals surface area contributed by atoms with E-state index in [-0.39, 0.29) is 23.9 Å². The van der Waals surface area contributed by atoms with Crippen LogP contribution in [0.15, 0.2) is 23.1 Å². The molecule has 0 aromatic heterocycles. The maximum absolute atomic E-state index is 13.1. The first-order chi connectivity index (χ1) is 9.23. The molecule has 1 saturated heterocycles. The van der Waals surface area contributed by atoms with Crippen LogP contribution in [-0.4, -0.2) is 36.9 Å². The highest BCUT2D eigenvalue weighted by molar-refractivity contribution is 7.89. The van der Waals surface area contributed by atoms with Crippen molar-refractivity contribution in [1.29, 1.82) is 0 Å². The van der Waals surface area contributed by atoms with E-state index in [0.29, 0.717) is 5.56 Å². The van der Waals surface area contributed by atoms with Gasteiger partial charge >= 0.3 is 5.97 Å². The molecule has 0 saturated carbocycles. The second kappa shape index (κ2) is 5.14. The van der Waals surface area contributed by atoms with Crippen molar-refractivity contribution in [1.82, 2.24) is 4.31 Å². The summed E-state index contributed by atoms with van der Waals surface area (Å²) in [6, 6.07) is 3.47. The molecule has 0 aliphatic carbocycles. The summed E-state index contributed by atoms with van der Waals surface area (Å²) in [4.78, 5) is 11.1. The molecular formula is C13H16FNO4S. The molecule has 1 heterocycles. The van der Waals surface area contributed by atoms with Crippen LogP contribution in [0, 0.1) is 24.6 Å². The number of carbonyl (C=O) groups is 1. The van der Waals surface area contributed by atoms with E-state index in [0.717, 1.165) is 16.4 Å². The van der Waals surface area contributed by atoms with E-state index in [1.165, 1.54) is 13.0 Å². The number of benzene rings is 1. The van der Waals surface area contributed by atoms with Crippen LogP contribution in [0.3, 0.4) is 0 Å². The topological polar surface area (TPSA) is 74.7 Å². The molecule has 0 spiro atoms. The molecule has 5 nitrogen and oxygen atoms in total. The van der Waals surface area contributed by atoms with Gasteiger partial charge in [-0.15, -0.1) is 0 Å². The van der Waals surface area contributed by atoms with Gasteiger partial charge in [-0.3, -0.25) is 4.79 Å². The Labute approximate surface area is 117 Å². The number of aryl methyl sites for hydroxylation is 1. The lowest BCUT2D eigenvalue weighted by molar-refractivity contribution is -0.142. The molecule has 1 aromatic carbocycles. The zero-order valence-corrected chi connectivity index (χ0v) is 12.0. The Morgan fingerprint density at radius 2 is 2.05 bits per heavy atom. The molecule has 20 heavy (non-hydrogen) atoms. The van der Waals surface area contributed by atoms with Gasteiger partial charge in [0, 0.05) is 13.1 Å². The van der Waals surface area contributed by atoms with Gasteiger partial charge in [-0.1, -0.05) is 6.92 Å². The third-order valence-corrected chi connectivity index (χ3v) is 5.64. The third kappa shape index (κ3) is 2.55. The summed E-state index contributed by atoms with van der Waals surface area (Å²) in [5.74, 6) is -2.45. The van der Waals surface area contributed by atoms with E-state index in [4.69, 9.17) is 5.11 Å². The second-order valence-electron chi connectivity index (χ2n) is 5.15. The number of carboxylic acid groups (broad SMARTS) is 1. The molecule has 0 radical (unpaired) electrons. The summed E-state index contributed by atoms with van der Waals surface area (Å²) in [5, 5.41) is 9.06. The van der Waals surface area contributed by atoms with E-state index in [1.807, 2.05) is 0 Å². The fourth-order valence-corrected chi connectivity index (χ4v) is 4.25. The Morgan fingerprint density at radius 3 is 2.55 bits per heavy atom. The molecule has 0 amide bonds. The van der Waals surface area contributed by atoms with E-state index < -0.39 is 27.7 Å². The molecule has 1 aliphatic rings. The maximum atomic E-state index is 13.1. The molecule has 2 rings (SSSR count). The fourth-order valence-electron chi connectivity index (χ4n) is 2.48. The summed E-state index contributed by atoms with van der Waals surface area (Å²) in [6.45, 7) is 3.35. The van der Waals surface area contributed by atoms with Gasteiger partial charge in [-0.05, 0) is 36.6 Å². The lowest BCUT2D eigenvalue weighted by Crippen LogP contribution is -2.30. The van der Waals surface area contributed by atoms with Gasteiger partial charge in [0.05, 0.1) is 10.8 Å². The van der Waals surface area contributed by atoms with Crippen molar-refractivity contribution >= 4 is 16.0 Å². The molecule has 110 valence electrons. The van der Waals surface area contributed by atoms with Crippen LogP contribution in [0.5, 0.6) is 0 Å². The predicted octanol–water partition coefficient (Wildman–Crippen LogP) is 1.48. The van der Waals surface area contributed by atoms with Gasteiger partial charge in [0.15, 0.2) is 0 Å². The van der Waals surface area contributed by atoms with E-state index in [9.17, 15) is 17.6 Å². The molecule has 1 N–H and O–H groups in total. The lowest BCUT2D eigenvalue weighted by atomic mass is 9.99. The largest absolute Gasteiger partial charge is 0.481 e. The first kappa shape index (κ1) is 14.9. The lowest BCUT2D eigenvalue weighted by Gasteiger charge is -2.17. The van der Waals surface area contributed by atoms with Gasteiger partial charge in [0.1, 0.15) is 5.82 Å². The Kier molecular flexibility index (Phi) is 3.84. The van der Waals surface area contributed by atoms with E-state index >= 15 is 0 Å². The number of hydrogen-bond donors (Lipinski definition) is 1. The Balaban J connectivity index is 2.35. The first-order valence-corrected chi connectivity index (χ1v) is 7.66. The van der Waals surface area contributed by atoms with E-state index in [2.05, 4.69) is 0 Å². The normalized spacial score (nSPS) is 23.9. The molecular weight excluding hydrogens is 285 g/mol. The Hall–Kier alpha value is -1.47. The van der Waals surface area contributed by atoms with Crippen LogP contribution >= 0.6 is 0 Å². The van der Waals surface area contributed by atoms with Gasteiger partial charge < -0.3 is 5.11 Å². The quantitative estimate of drug-likeness (QED) is 0.917. The van der Waals surface area contributed by atoms with Crippen LogP contribution in [0.4, 0.5) is 4.39 Å². The third-order valence-electron chi connectivity index (χ3n) is 3.65. The summed E-state index contributed by atoms with van der Waals surface area (Å²) in [6.07, 6.45) is 0. The average Bonchev–Trinajstić information content (AvgIpc) is 2.71. The maximum Gasteiger partial charge on any atom is 0.308 e. The Morgan fingerprint density at radius 1 is 1.40 bits per heavy atom. The van der Waals surface area contributed by atoms with Gasteiger partial charge in [-0.25, -0.2) is 12.8 Å².